The molecule has 14 heteroatoms. The van der Waals surface area contributed by atoms with Crippen LogP contribution in [-0.2, 0) is 53.4 Å². The zero-order chi connectivity index (χ0) is 44.1. The summed E-state index contributed by atoms with van der Waals surface area (Å²) in [6.45, 7) is 13.1. The van der Waals surface area contributed by atoms with Crippen molar-refractivity contribution < 1.29 is 61.1 Å². The van der Waals surface area contributed by atoms with Crippen LogP contribution in [0.5, 0.6) is 0 Å². The van der Waals surface area contributed by atoms with Gasteiger partial charge in [-0.05, 0) is 42.0 Å². The Balaban J connectivity index is 1.22. The van der Waals surface area contributed by atoms with E-state index in [0.717, 1.165) is 5.56 Å². The first-order valence-electron chi connectivity index (χ1n) is 20.9. The molecule has 3 aliphatic heterocycles. The van der Waals surface area contributed by atoms with Crippen LogP contribution in [0.1, 0.15) is 78.2 Å². The van der Waals surface area contributed by atoms with Gasteiger partial charge in [0.2, 0.25) is 0 Å². The molecule has 7 rings (SSSR count). The Morgan fingerprint density at radius 3 is 1.53 bits per heavy atom. The van der Waals surface area contributed by atoms with Gasteiger partial charge in [0.05, 0.1) is 36.5 Å². The highest BCUT2D eigenvalue weighted by atomic mass is 28.4. The molecule has 4 aromatic carbocycles. The summed E-state index contributed by atoms with van der Waals surface area (Å²) < 4.78 is 64.5. The summed E-state index contributed by atoms with van der Waals surface area (Å²) in [4.78, 5) is 41.4. The fraction of sp³-hybridized carbons (Fsp3) is 0.438. The summed E-state index contributed by atoms with van der Waals surface area (Å²) in [5.41, 5.74) is 1.63. The molecule has 3 aliphatic rings. The topological polar surface area (TPSA) is 144 Å². The third-order valence-electron chi connectivity index (χ3n) is 11.3. The minimum Gasteiger partial charge on any atom is -0.452 e. The quantitative estimate of drug-likeness (QED) is 0.0733. The zero-order valence-corrected chi connectivity index (χ0v) is 37.2. The van der Waals surface area contributed by atoms with E-state index in [4.69, 9.17) is 46.7 Å². The van der Waals surface area contributed by atoms with E-state index in [0.29, 0.717) is 0 Å². The van der Waals surface area contributed by atoms with Crippen molar-refractivity contribution >= 4 is 26.5 Å². The van der Waals surface area contributed by atoms with E-state index in [1.54, 1.807) is 91.0 Å². The van der Waals surface area contributed by atoms with Gasteiger partial charge in [-0.25, -0.2) is 14.4 Å². The molecule has 0 bridgehead atoms. The van der Waals surface area contributed by atoms with Crippen molar-refractivity contribution in [1.29, 1.82) is 0 Å². The first kappa shape index (κ1) is 45.3. The number of methoxy groups -OCH3 is 1. The Bertz CT molecular complexity index is 2080. The molecule has 0 spiro atoms. The summed E-state index contributed by atoms with van der Waals surface area (Å²) in [5.74, 6) is -2.23. The van der Waals surface area contributed by atoms with Gasteiger partial charge < -0.3 is 46.7 Å². The standard InChI is InChI=1S/C48H56O13Si/c1-47(2,3)62(48(4,5)6)55-30-36-38(61-62)40(53-28-31-20-12-8-13-21-31)46(57-36)54-29-35-37(58-42(49)32-22-14-9-15-23-32)39(59-43(50)33-24-16-10-17-25-33)41(45(52-7)56-35)60-44(51)34-26-18-11-19-27-34/h8-27,35-41,45-46H,28-30H2,1-7H3/t35-,36+,37-,38+,39+,40-,41-,45+,46-/m1/s1. The predicted octanol–water partition coefficient (Wildman–Crippen LogP) is 7.82. The van der Waals surface area contributed by atoms with Crippen molar-refractivity contribution in [1.82, 2.24) is 0 Å². The highest BCUT2D eigenvalue weighted by molar-refractivity contribution is 6.73. The number of fused-ring (bicyclic) bond motifs is 1. The van der Waals surface area contributed by atoms with Crippen LogP contribution in [0.15, 0.2) is 121 Å². The van der Waals surface area contributed by atoms with Crippen molar-refractivity contribution in [3.05, 3.63) is 144 Å². The molecule has 4 aromatic rings. The van der Waals surface area contributed by atoms with Crippen LogP contribution in [-0.4, -0.2) is 102 Å². The van der Waals surface area contributed by atoms with Crippen LogP contribution >= 0.6 is 0 Å². The molecule has 9 atom stereocenters. The van der Waals surface area contributed by atoms with Crippen molar-refractivity contribution in [3.63, 3.8) is 0 Å². The maximum absolute atomic E-state index is 13.9. The second-order valence-corrected chi connectivity index (χ2v) is 22.4. The Kier molecular flexibility index (Phi) is 14.1. The maximum Gasteiger partial charge on any atom is 0.349 e. The van der Waals surface area contributed by atoms with Gasteiger partial charge in [0.1, 0.15) is 24.4 Å². The molecule has 330 valence electrons. The third kappa shape index (κ3) is 9.88. The number of esters is 3. The minimum atomic E-state index is -2.99. The zero-order valence-electron chi connectivity index (χ0n) is 36.2. The van der Waals surface area contributed by atoms with Crippen molar-refractivity contribution in [2.75, 3.05) is 20.3 Å². The van der Waals surface area contributed by atoms with Crippen molar-refractivity contribution in [2.45, 2.75) is 114 Å². The number of carbonyl (C=O) groups excluding carboxylic acids is 3. The highest BCUT2D eigenvalue weighted by Gasteiger charge is 2.65. The molecule has 3 saturated heterocycles. The van der Waals surface area contributed by atoms with Gasteiger partial charge in [0.25, 0.3) is 0 Å². The van der Waals surface area contributed by atoms with Gasteiger partial charge in [-0.1, -0.05) is 126 Å². The van der Waals surface area contributed by atoms with Crippen LogP contribution in [0.3, 0.4) is 0 Å². The number of hydrogen-bond acceptors (Lipinski definition) is 13. The predicted molar refractivity (Wildman–Crippen MR) is 228 cm³/mol. The van der Waals surface area contributed by atoms with E-state index in [2.05, 4.69) is 41.5 Å². The lowest BCUT2D eigenvalue weighted by molar-refractivity contribution is -0.302. The molecule has 0 unspecified atom stereocenters. The van der Waals surface area contributed by atoms with Crippen molar-refractivity contribution in [2.24, 2.45) is 0 Å². The van der Waals surface area contributed by atoms with Gasteiger partial charge in [-0.15, -0.1) is 0 Å². The van der Waals surface area contributed by atoms with Crippen molar-refractivity contribution in [3.8, 4) is 0 Å². The molecule has 0 radical (unpaired) electrons. The fourth-order valence-corrected chi connectivity index (χ4v) is 13.4. The van der Waals surface area contributed by atoms with Gasteiger partial charge in [-0.2, -0.15) is 0 Å². The lowest BCUT2D eigenvalue weighted by Gasteiger charge is -2.53. The van der Waals surface area contributed by atoms with Gasteiger partial charge in [0, 0.05) is 17.2 Å². The molecule has 0 aliphatic carbocycles. The van der Waals surface area contributed by atoms with Crippen LogP contribution in [0.4, 0.5) is 0 Å². The summed E-state index contributed by atoms with van der Waals surface area (Å²) in [6, 6.07) is 34.7. The second-order valence-electron chi connectivity index (χ2n) is 17.6. The number of hydrogen-bond donors (Lipinski definition) is 0. The molecule has 0 saturated carbocycles. The Labute approximate surface area is 364 Å². The largest absolute Gasteiger partial charge is 0.452 e. The Morgan fingerprint density at radius 1 is 0.581 bits per heavy atom. The first-order valence-corrected chi connectivity index (χ1v) is 22.7. The van der Waals surface area contributed by atoms with E-state index < -0.39 is 81.8 Å². The molecular weight excluding hydrogens is 813 g/mol. The van der Waals surface area contributed by atoms with Gasteiger partial charge in [-0.3, -0.25) is 0 Å². The second kappa shape index (κ2) is 19.3. The average molecular weight is 869 g/mol. The van der Waals surface area contributed by atoms with Gasteiger partial charge >= 0.3 is 26.5 Å². The highest BCUT2D eigenvalue weighted by Crippen LogP contribution is 2.55. The Morgan fingerprint density at radius 2 is 1.05 bits per heavy atom. The summed E-state index contributed by atoms with van der Waals surface area (Å²) in [7, 11) is -1.62. The van der Waals surface area contributed by atoms with Crippen LogP contribution in [0.2, 0.25) is 10.1 Å². The van der Waals surface area contributed by atoms with E-state index in [1.165, 1.54) is 7.11 Å². The number of carbonyl (C=O) groups is 3. The molecule has 13 nitrogen and oxygen atoms in total. The van der Waals surface area contributed by atoms with E-state index in [9.17, 15) is 14.4 Å². The number of benzene rings is 4. The van der Waals surface area contributed by atoms with E-state index >= 15 is 0 Å². The maximum atomic E-state index is 13.9. The van der Waals surface area contributed by atoms with E-state index in [1.807, 2.05) is 30.3 Å². The monoisotopic (exact) mass is 868 g/mol. The smallest absolute Gasteiger partial charge is 0.349 e. The first-order chi connectivity index (χ1) is 29.7. The SMILES string of the molecule is CO[C@H]1O[C@H](CO[C@@H]2O[C@H]3CO[Si](C(C)(C)C)(C(C)(C)C)O[C@@H]3[C@H]2OCc2ccccc2)[C@@H](OC(=O)c2ccccc2)[C@H](OC(=O)c2ccccc2)[C@H]1OC(=O)c1ccccc1. The molecule has 3 fully saturated rings. The van der Waals surface area contributed by atoms with Crippen LogP contribution < -0.4 is 0 Å². The molecule has 3 heterocycles. The molecule has 62 heavy (non-hydrogen) atoms. The number of ether oxygens (including phenoxy) is 8. The average Bonchev–Trinajstić information content (AvgIpc) is 3.62. The van der Waals surface area contributed by atoms with E-state index in [-0.39, 0.29) is 46.6 Å². The molecule has 0 amide bonds. The lowest BCUT2D eigenvalue weighted by atomic mass is 9.97. The summed E-state index contributed by atoms with van der Waals surface area (Å²) in [6.07, 6.45) is -9.53. The molecule has 0 N–H and O–H groups in total. The normalized spacial score (nSPS) is 27.1. The van der Waals surface area contributed by atoms with Crippen LogP contribution in [0.25, 0.3) is 0 Å². The Hall–Kier alpha value is -4.77. The van der Waals surface area contributed by atoms with Gasteiger partial charge in [0.15, 0.2) is 30.9 Å². The fourth-order valence-electron chi connectivity index (χ4n) is 8.47. The molecular formula is C48H56O13Si. The lowest BCUT2D eigenvalue weighted by Crippen LogP contribution is -2.65. The minimum absolute atomic E-state index is 0.217. The number of rotatable bonds is 13. The summed E-state index contributed by atoms with van der Waals surface area (Å²) >= 11 is 0. The third-order valence-corrected chi connectivity index (χ3v) is 16.4. The van der Waals surface area contributed by atoms with Crippen LogP contribution in [0, 0.1) is 0 Å². The summed E-state index contributed by atoms with van der Waals surface area (Å²) in [5, 5.41) is -0.625. The molecule has 0 aromatic heterocycles.